The van der Waals surface area contributed by atoms with E-state index in [4.69, 9.17) is 9.47 Å². The first-order valence-electron chi connectivity index (χ1n) is 10.3. The van der Waals surface area contributed by atoms with Gasteiger partial charge in [0.05, 0.1) is 26.4 Å². The molecule has 30 heavy (non-hydrogen) atoms. The fraction of sp³-hybridized carbons (Fsp3) is 0.435. The topological polar surface area (TPSA) is 58.1 Å². The number of nitrogens with one attached hydrogen (secondary N) is 2. The summed E-state index contributed by atoms with van der Waals surface area (Å²) in [4.78, 5) is 6.74. The van der Waals surface area contributed by atoms with Gasteiger partial charge < -0.3 is 20.1 Å². The van der Waals surface area contributed by atoms with E-state index in [0.29, 0.717) is 31.0 Å². The molecule has 7 heteroatoms. The van der Waals surface area contributed by atoms with E-state index in [1.54, 1.807) is 20.2 Å². The first-order chi connectivity index (χ1) is 14.7. The Hall–Kier alpha value is -2.64. The van der Waals surface area contributed by atoms with Crippen LogP contribution in [-0.2, 0) is 11.2 Å². The third-order valence-corrected chi connectivity index (χ3v) is 5.32. The standard InChI is InChI=1S/C23H31FN4O2/c1-25-23(26-12-11-18-5-3-4-6-21(18)24)27-17-22(28-13-15-30-16-14-28)19-7-9-20(29-2)10-8-19/h3-10,22H,11-17H2,1-2H3,(H2,25,26,27). The maximum atomic E-state index is 13.8. The lowest BCUT2D eigenvalue weighted by atomic mass is 10.0. The van der Waals surface area contributed by atoms with Crippen molar-refractivity contribution in [3.8, 4) is 5.75 Å². The highest BCUT2D eigenvalue weighted by atomic mass is 19.1. The van der Waals surface area contributed by atoms with E-state index < -0.39 is 0 Å². The van der Waals surface area contributed by atoms with Gasteiger partial charge in [0.25, 0.3) is 0 Å². The van der Waals surface area contributed by atoms with E-state index in [2.05, 4.69) is 32.7 Å². The summed E-state index contributed by atoms with van der Waals surface area (Å²) in [7, 11) is 3.42. The molecule has 2 N–H and O–H groups in total. The molecular weight excluding hydrogens is 383 g/mol. The van der Waals surface area contributed by atoms with Crippen molar-refractivity contribution >= 4 is 5.96 Å². The van der Waals surface area contributed by atoms with Gasteiger partial charge in [-0.1, -0.05) is 30.3 Å². The molecule has 0 aliphatic carbocycles. The highest BCUT2D eigenvalue weighted by Gasteiger charge is 2.23. The van der Waals surface area contributed by atoms with E-state index in [9.17, 15) is 4.39 Å². The maximum Gasteiger partial charge on any atom is 0.191 e. The number of guanidine groups is 1. The minimum absolute atomic E-state index is 0.172. The molecule has 2 aromatic rings. The molecule has 0 bridgehead atoms. The van der Waals surface area contributed by atoms with Gasteiger partial charge >= 0.3 is 0 Å². The molecule has 1 atom stereocenters. The van der Waals surface area contributed by atoms with Gasteiger partial charge in [0, 0.05) is 33.2 Å². The van der Waals surface area contributed by atoms with E-state index >= 15 is 0 Å². The SMILES string of the molecule is CN=C(NCCc1ccccc1F)NCC(c1ccc(OC)cc1)N1CCOCC1. The van der Waals surface area contributed by atoms with Crippen LogP contribution < -0.4 is 15.4 Å². The highest BCUT2D eigenvalue weighted by Crippen LogP contribution is 2.23. The van der Waals surface area contributed by atoms with E-state index in [1.165, 1.54) is 11.6 Å². The molecule has 3 rings (SSSR count). The van der Waals surface area contributed by atoms with Crippen LogP contribution in [0.25, 0.3) is 0 Å². The second-order valence-corrected chi connectivity index (χ2v) is 7.16. The van der Waals surface area contributed by atoms with Gasteiger partial charge in [0.2, 0.25) is 0 Å². The Kier molecular flexibility index (Phi) is 8.47. The van der Waals surface area contributed by atoms with Crippen molar-refractivity contribution < 1.29 is 13.9 Å². The smallest absolute Gasteiger partial charge is 0.191 e. The molecule has 0 aromatic heterocycles. The molecule has 1 aliphatic rings. The molecular formula is C23H31FN4O2. The first-order valence-corrected chi connectivity index (χ1v) is 10.3. The van der Waals surface area contributed by atoms with Crippen molar-refractivity contribution in [1.82, 2.24) is 15.5 Å². The van der Waals surface area contributed by atoms with E-state index in [1.807, 2.05) is 24.3 Å². The molecule has 2 aromatic carbocycles. The zero-order valence-corrected chi connectivity index (χ0v) is 17.7. The minimum Gasteiger partial charge on any atom is -0.497 e. The molecule has 1 heterocycles. The number of methoxy groups -OCH3 is 1. The van der Waals surface area contributed by atoms with Crippen LogP contribution >= 0.6 is 0 Å². The average molecular weight is 415 g/mol. The molecule has 0 radical (unpaired) electrons. The van der Waals surface area contributed by atoms with Gasteiger partial charge in [-0.05, 0) is 35.7 Å². The quantitative estimate of drug-likeness (QED) is 0.514. The Morgan fingerprint density at radius 3 is 2.53 bits per heavy atom. The van der Waals surface area contributed by atoms with Crippen LogP contribution in [0.3, 0.4) is 0 Å². The minimum atomic E-state index is -0.172. The van der Waals surface area contributed by atoms with Gasteiger partial charge in [0.1, 0.15) is 11.6 Å². The van der Waals surface area contributed by atoms with Crippen LogP contribution in [0, 0.1) is 5.82 Å². The molecule has 6 nitrogen and oxygen atoms in total. The Morgan fingerprint density at radius 1 is 1.13 bits per heavy atom. The van der Waals surface area contributed by atoms with E-state index in [0.717, 1.165) is 32.1 Å². The van der Waals surface area contributed by atoms with Crippen molar-refractivity contribution in [2.45, 2.75) is 12.5 Å². The Balaban J connectivity index is 1.59. The second-order valence-electron chi connectivity index (χ2n) is 7.16. The largest absolute Gasteiger partial charge is 0.497 e. The van der Waals surface area contributed by atoms with Crippen LogP contribution in [0.5, 0.6) is 5.75 Å². The van der Waals surface area contributed by atoms with Crippen LogP contribution in [0.2, 0.25) is 0 Å². The number of hydrogen-bond donors (Lipinski definition) is 2. The third kappa shape index (κ3) is 6.18. The van der Waals surface area contributed by atoms with E-state index in [-0.39, 0.29) is 11.9 Å². The zero-order chi connectivity index (χ0) is 21.2. The van der Waals surface area contributed by atoms with Gasteiger partial charge in [-0.15, -0.1) is 0 Å². The van der Waals surface area contributed by atoms with Crippen LogP contribution in [-0.4, -0.2) is 64.4 Å². The number of halogens is 1. The number of ether oxygens (including phenoxy) is 2. The average Bonchev–Trinajstić information content (AvgIpc) is 2.80. The molecule has 1 aliphatic heterocycles. The summed E-state index contributed by atoms with van der Waals surface area (Å²) >= 11 is 0. The first kappa shape index (κ1) is 22.1. The summed E-state index contributed by atoms with van der Waals surface area (Å²) < 4.78 is 24.6. The summed E-state index contributed by atoms with van der Waals surface area (Å²) in [6.45, 7) is 4.55. The Labute approximate surface area is 178 Å². The number of nitrogens with zero attached hydrogens (tertiary/aromatic N) is 2. The third-order valence-electron chi connectivity index (χ3n) is 5.32. The number of hydrogen-bond acceptors (Lipinski definition) is 4. The number of benzene rings is 2. The van der Waals surface area contributed by atoms with Crippen molar-refractivity contribution in [3.63, 3.8) is 0 Å². The van der Waals surface area contributed by atoms with Crippen LogP contribution in [0.4, 0.5) is 4.39 Å². The summed E-state index contributed by atoms with van der Waals surface area (Å²) in [5, 5.41) is 6.71. The molecule has 0 saturated carbocycles. The normalized spacial score (nSPS) is 16.2. The number of morpholine rings is 1. The molecule has 1 unspecified atom stereocenters. The summed E-state index contributed by atoms with van der Waals surface area (Å²) in [6, 6.07) is 15.2. The van der Waals surface area contributed by atoms with Crippen LogP contribution in [0.1, 0.15) is 17.2 Å². The molecule has 0 amide bonds. The predicted molar refractivity (Wildman–Crippen MR) is 118 cm³/mol. The molecule has 162 valence electrons. The molecule has 1 fully saturated rings. The lowest BCUT2D eigenvalue weighted by Gasteiger charge is -2.35. The van der Waals surface area contributed by atoms with Crippen LogP contribution in [0.15, 0.2) is 53.5 Å². The highest BCUT2D eigenvalue weighted by molar-refractivity contribution is 5.79. The molecule has 1 saturated heterocycles. The summed E-state index contributed by atoms with van der Waals surface area (Å²) in [5.74, 6) is 1.38. The molecule has 0 spiro atoms. The Bertz CT molecular complexity index is 807. The predicted octanol–water partition coefficient (Wildman–Crippen LogP) is 2.62. The fourth-order valence-electron chi connectivity index (χ4n) is 3.60. The van der Waals surface area contributed by atoms with Gasteiger partial charge in [-0.3, -0.25) is 9.89 Å². The Morgan fingerprint density at radius 2 is 1.87 bits per heavy atom. The van der Waals surface area contributed by atoms with Crippen molar-refractivity contribution in [2.24, 2.45) is 4.99 Å². The second kappa shape index (κ2) is 11.5. The lowest BCUT2D eigenvalue weighted by Crippen LogP contribution is -2.46. The van der Waals surface area contributed by atoms with Gasteiger partial charge in [-0.25, -0.2) is 4.39 Å². The fourth-order valence-corrected chi connectivity index (χ4v) is 3.60. The van der Waals surface area contributed by atoms with Crippen molar-refractivity contribution in [2.75, 3.05) is 53.6 Å². The summed E-state index contributed by atoms with van der Waals surface area (Å²) in [6.07, 6.45) is 0.596. The van der Waals surface area contributed by atoms with Gasteiger partial charge in [-0.2, -0.15) is 0 Å². The number of aliphatic imine (C=N–C) groups is 1. The summed E-state index contributed by atoms with van der Waals surface area (Å²) in [5.41, 5.74) is 1.91. The zero-order valence-electron chi connectivity index (χ0n) is 17.7. The maximum absolute atomic E-state index is 13.8. The lowest BCUT2D eigenvalue weighted by molar-refractivity contribution is 0.0170. The monoisotopic (exact) mass is 414 g/mol. The number of rotatable bonds is 8. The van der Waals surface area contributed by atoms with Crippen molar-refractivity contribution in [1.29, 1.82) is 0 Å². The van der Waals surface area contributed by atoms with Gasteiger partial charge in [0.15, 0.2) is 5.96 Å². The van der Waals surface area contributed by atoms with Crippen molar-refractivity contribution in [3.05, 3.63) is 65.5 Å².